The van der Waals surface area contributed by atoms with Crippen molar-refractivity contribution >= 4 is 0 Å². The summed E-state index contributed by atoms with van der Waals surface area (Å²) in [6.45, 7) is 3.12. The van der Waals surface area contributed by atoms with Crippen molar-refractivity contribution in [3.8, 4) is 0 Å². The van der Waals surface area contributed by atoms with Gasteiger partial charge in [0, 0.05) is 6.54 Å². The van der Waals surface area contributed by atoms with E-state index in [0.717, 1.165) is 13.0 Å². The molecule has 0 saturated heterocycles. The van der Waals surface area contributed by atoms with E-state index in [2.05, 4.69) is 31.2 Å². The van der Waals surface area contributed by atoms with E-state index in [4.69, 9.17) is 5.11 Å². The van der Waals surface area contributed by atoms with Gasteiger partial charge in [-0.2, -0.15) is 0 Å². The molecular weight excluding hydrogens is 162 g/mol. The third-order valence-electron chi connectivity index (χ3n) is 2.14. The molecule has 0 aliphatic heterocycles. The average Bonchev–Trinajstić information content (AvgIpc) is 2.16. The summed E-state index contributed by atoms with van der Waals surface area (Å²) in [6.07, 6.45) is 0.997. The molecule has 0 bridgehead atoms. The Hall–Kier alpha value is -0.860. The number of nitrogens with zero attached hydrogens (tertiary/aromatic N) is 1. The van der Waals surface area contributed by atoms with E-state index in [1.165, 1.54) is 11.1 Å². The topological polar surface area (TPSA) is 23.5 Å². The predicted molar refractivity (Wildman–Crippen MR) is 54.6 cm³/mol. The molecule has 1 rings (SSSR count). The van der Waals surface area contributed by atoms with E-state index in [9.17, 15) is 0 Å². The van der Waals surface area contributed by atoms with Crippen LogP contribution in [0.25, 0.3) is 0 Å². The van der Waals surface area contributed by atoms with Crippen LogP contribution < -0.4 is 0 Å². The van der Waals surface area contributed by atoms with Crippen LogP contribution in [0.5, 0.6) is 0 Å². The Labute approximate surface area is 79.8 Å². The number of likely N-dealkylation sites (N-methyl/N-ethyl adjacent to an activating group) is 1. The van der Waals surface area contributed by atoms with Crippen LogP contribution in [0.15, 0.2) is 24.3 Å². The SMILES string of the molecule is Cc1ccc(CCN(C)CO)cc1. The van der Waals surface area contributed by atoms with E-state index < -0.39 is 0 Å². The van der Waals surface area contributed by atoms with Crippen LogP contribution in [0.3, 0.4) is 0 Å². The first-order valence-electron chi connectivity index (χ1n) is 4.57. The van der Waals surface area contributed by atoms with Gasteiger partial charge in [0.1, 0.15) is 0 Å². The Bertz CT molecular complexity index is 243. The molecule has 0 aliphatic rings. The molecule has 0 saturated carbocycles. The van der Waals surface area contributed by atoms with Crippen LogP contribution in [-0.2, 0) is 6.42 Å². The number of benzene rings is 1. The molecule has 0 spiro atoms. The van der Waals surface area contributed by atoms with E-state index in [1.807, 2.05) is 11.9 Å². The van der Waals surface area contributed by atoms with E-state index in [0.29, 0.717) is 0 Å². The lowest BCUT2D eigenvalue weighted by atomic mass is 10.1. The Kier molecular flexibility index (Phi) is 3.93. The minimum absolute atomic E-state index is 0.131. The molecular formula is C11H17NO. The highest BCUT2D eigenvalue weighted by Gasteiger charge is 1.96. The summed E-state index contributed by atoms with van der Waals surface area (Å²) >= 11 is 0. The van der Waals surface area contributed by atoms with Gasteiger partial charge in [-0.25, -0.2) is 0 Å². The van der Waals surface area contributed by atoms with Gasteiger partial charge in [0.15, 0.2) is 0 Å². The minimum Gasteiger partial charge on any atom is -0.381 e. The maximum absolute atomic E-state index is 8.78. The van der Waals surface area contributed by atoms with Gasteiger partial charge in [-0.15, -0.1) is 0 Å². The Morgan fingerprint density at radius 3 is 2.38 bits per heavy atom. The quantitative estimate of drug-likeness (QED) is 0.707. The molecule has 0 unspecified atom stereocenters. The van der Waals surface area contributed by atoms with E-state index in [-0.39, 0.29) is 6.73 Å². The number of aliphatic hydroxyl groups is 1. The summed E-state index contributed by atoms with van der Waals surface area (Å²) in [4.78, 5) is 1.89. The largest absolute Gasteiger partial charge is 0.381 e. The van der Waals surface area contributed by atoms with Crippen molar-refractivity contribution in [3.05, 3.63) is 35.4 Å². The molecule has 2 heteroatoms. The highest BCUT2D eigenvalue weighted by molar-refractivity contribution is 5.21. The van der Waals surface area contributed by atoms with Gasteiger partial charge in [0.25, 0.3) is 0 Å². The zero-order valence-corrected chi connectivity index (χ0v) is 8.33. The van der Waals surface area contributed by atoms with Crippen LogP contribution in [0.4, 0.5) is 0 Å². The normalized spacial score (nSPS) is 10.8. The third-order valence-corrected chi connectivity index (χ3v) is 2.14. The summed E-state index contributed by atoms with van der Waals surface area (Å²) in [7, 11) is 1.91. The molecule has 0 fully saturated rings. The van der Waals surface area contributed by atoms with Gasteiger partial charge < -0.3 is 5.11 Å². The van der Waals surface area contributed by atoms with Crippen molar-refractivity contribution in [2.24, 2.45) is 0 Å². The Balaban J connectivity index is 2.41. The molecule has 0 heterocycles. The lowest BCUT2D eigenvalue weighted by Crippen LogP contribution is -2.21. The summed E-state index contributed by atoms with van der Waals surface area (Å²) in [5, 5.41) is 8.78. The summed E-state index contributed by atoms with van der Waals surface area (Å²) < 4.78 is 0. The van der Waals surface area contributed by atoms with Gasteiger partial charge in [0.05, 0.1) is 6.73 Å². The third kappa shape index (κ3) is 3.57. The van der Waals surface area contributed by atoms with Crippen molar-refractivity contribution in [1.82, 2.24) is 4.90 Å². The van der Waals surface area contributed by atoms with Crippen LogP contribution in [0.1, 0.15) is 11.1 Å². The zero-order valence-electron chi connectivity index (χ0n) is 8.33. The zero-order chi connectivity index (χ0) is 9.68. The number of hydrogen-bond acceptors (Lipinski definition) is 2. The highest BCUT2D eigenvalue weighted by atomic mass is 16.3. The number of aliphatic hydroxyl groups excluding tert-OH is 1. The monoisotopic (exact) mass is 179 g/mol. The summed E-state index contributed by atoms with van der Waals surface area (Å²) in [5.41, 5.74) is 2.62. The van der Waals surface area contributed by atoms with Gasteiger partial charge in [-0.3, -0.25) is 4.90 Å². The van der Waals surface area contributed by atoms with Gasteiger partial charge in [0.2, 0.25) is 0 Å². The van der Waals surface area contributed by atoms with Crippen molar-refractivity contribution in [2.75, 3.05) is 20.3 Å². The lowest BCUT2D eigenvalue weighted by Gasteiger charge is -2.12. The molecule has 0 amide bonds. The smallest absolute Gasteiger partial charge is 0.0954 e. The molecule has 1 aromatic carbocycles. The first kappa shape index (κ1) is 10.2. The molecule has 0 radical (unpaired) electrons. The fourth-order valence-electron chi connectivity index (χ4n) is 1.15. The highest BCUT2D eigenvalue weighted by Crippen LogP contribution is 2.03. The molecule has 72 valence electrons. The maximum atomic E-state index is 8.78. The standard InChI is InChI=1S/C11H17NO/c1-10-3-5-11(6-4-10)7-8-12(2)9-13/h3-6,13H,7-9H2,1-2H3. The average molecular weight is 179 g/mol. The van der Waals surface area contributed by atoms with Gasteiger partial charge >= 0.3 is 0 Å². The second kappa shape index (κ2) is 5.00. The molecule has 0 aliphatic carbocycles. The minimum atomic E-state index is 0.131. The molecule has 1 N–H and O–H groups in total. The lowest BCUT2D eigenvalue weighted by molar-refractivity contribution is 0.134. The van der Waals surface area contributed by atoms with Crippen LogP contribution in [-0.4, -0.2) is 30.3 Å². The van der Waals surface area contributed by atoms with Crippen molar-refractivity contribution in [1.29, 1.82) is 0 Å². The van der Waals surface area contributed by atoms with Crippen LogP contribution >= 0.6 is 0 Å². The fourth-order valence-corrected chi connectivity index (χ4v) is 1.15. The van der Waals surface area contributed by atoms with Crippen LogP contribution in [0, 0.1) is 6.92 Å². The number of hydrogen-bond donors (Lipinski definition) is 1. The van der Waals surface area contributed by atoms with Gasteiger partial charge in [-0.05, 0) is 26.0 Å². The molecule has 13 heavy (non-hydrogen) atoms. The van der Waals surface area contributed by atoms with Crippen LogP contribution in [0.2, 0.25) is 0 Å². The Morgan fingerprint density at radius 1 is 1.23 bits per heavy atom. The fraction of sp³-hybridized carbons (Fsp3) is 0.455. The predicted octanol–water partition coefficient (Wildman–Crippen LogP) is 1.42. The second-order valence-electron chi connectivity index (χ2n) is 3.46. The molecule has 1 aromatic rings. The van der Waals surface area contributed by atoms with Gasteiger partial charge in [-0.1, -0.05) is 29.8 Å². The van der Waals surface area contributed by atoms with Crippen molar-refractivity contribution < 1.29 is 5.11 Å². The number of rotatable bonds is 4. The van der Waals surface area contributed by atoms with Crippen molar-refractivity contribution in [2.45, 2.75) is 13.3 Å². The Morgan fingerprint density at radius 2 is 1.85 bits per heavy atom. The molecule has 2 nitrogen and oxygen atoms in total. The first-order valence-corrected chi connectivity index (χ1v) is 4.57. The summed E-state index contributed by atoms with van der Waals surface area (Å²) in [5.74, 6) is 0. The maximum Gasteiger partial charge on any atom is 0.0954 e. The molecule has 0 aromatic heterocycles. The van der Waals surface area contributed by atoms with E-state index in [1.54, 1.807) is 0 Å². The molecule has 0 atom stereocenters. The summed E-state index contributed by atoms with van der Waals surface area (Å²) in [6, 6.07) is 8.52. The first-order chi connectivity index (χ1) is 6.22. The van der Waals surface area contributed by atoms with E-state index >= 15 is 0 Å². The second-order valence-corrected chi connectivity index (χ2v) is 3.46. The van der Waals surface area contributed by atoms with Crippen molar-refractivity contribution in [3.63, 3.8) is 0 Å². The number of aryl methyl sites for hydroxylation is 1.